The van der Waals surface area contributed by atoms with Crippen LogP contribution in [0.25, 0.3) is 11.4 Å². The number of pyridine rings is 1. The van der Waals surface area contributed by atoms with Gasteiger partial charge in [-0.1, -0.05) is 22.9 Å². The Balaban J connectivity index is 1.55. The van der Waals surface area contributed by atoms with E-state index in [0.717, 1.165) is 24.0 Å². The van der Waals surface area contributed by atoms with E-state index >= 15 is 0 Å². The van der Waals surface area contributed by atoms with Gasteiger partial charge in [0.2, 0.25) is 21.7 Å². The molecule has 0 N–H and O–H groups in total. The van der Waals surface area contributed by atoms with Crippen molar-refractivity contribution in [1.29, 1.82) is 0 Å². The number of nitrogens with zero attached hydrogens (tertiary/aromatic N) is 4. The second-order valence-corrected chi connectivity index (χ2v) is 8.65. The van der Waals surface area contributed by atoms with Crippen molar-refractivity contribution in [3.8, 4) is 11.4 Å². The highest BCUT2D eigenvalue weighted by Crippen LogP contribution is 2.30. The molecule has 3 heterocycles. The maximum Gasteiger partial charge on any atom is 0.243 e. The molecule has 1 atom stereocenters. The average Bonchev–Trinajstić information content (AvgIpc) is 3.19. The second-order valence-electron chi connectivity index (χ2n) is 6.71. The van der Waals surface area contributed by atoms with Crippen LogP contribution in [0.2, 0.25) is 0 Å². The van der Waals surface area contributed by atoms with Gasteiger partial charge in [0.15, 0.2) is 0 Å². The summed E-state index contributed by atoms with van der Waals surface area (Å²) in [6.45, 7) is 2.77. The van der Waals surface area contributed by atoms with Crippen LogP contribution in [0.15, 0.2) is 58.2 Å². The van der Waals surface area contributed by atoms with E-state index in [1.165, 1.54) is 4.31 Å². The summed E-state index contributed by atoms with van der Waals surface area (Å²) in [5.41, 5.74) is 1.85. The zero-order chi connectivity index (χ0) is 18.9. The number of rotatable bonds is 4. The van der Waals surface area contributed by atoms with E-state index in [2.05, 4.69) is 15.1 Å². The third kappa shape index (κ3) is 3.63. The van der Waals surface area contributed by atoms with Crippen molar-refractivity contribution in [2.75, 3.05) is 13.1 Å². The number of aryl methyl sites for hydroxylation is 1. The van der Waals surface area contributed by atoms with Gasteiger partial charge in [-0.15, -0.1) is 0 Å². The molecule has 7 nitrogen and oxygen atoms in total. The van der Waals surface area contributed by atoms with Crippen LogP contribution in [-0.2, 0) is 10.0 Å². The van der Waals surface area contributed by atoms with E-state index in [9.17, 15) is 8.42 Å². The first-order valence-corrected chi connectivity index (χ1v) is 10.3. The fraction of sp³-hybridized carbons (Fsp3) is 0.316. The minimum atomic E-state index is -3.53. The van der Waals surface area contributed by atoms with E-state index in [-0.39, 0.29) is 5.92 Å². The Hall–Kier alpha value is -2.58. The van der Waals surface area contributed by atoms with Gasteiger partial charge >= 0.3 is 0 Å². The van der Waals surface area contributed by atoms with Gasteiger partial charge < -0.3 is 4.52 Å². The highest BCUT2D eigenvalue weighted by atomic mass is 32.2. The molecule has 3 aromatic rings. The van der Waals surface area contributed by atoms with Gasteiger partial charge in [-0.25, -0.2) is 8.42 Å². The van der Waals surface area contributed by atoms with Crippen molar-refractivity contribution in [2.45, 2.75) is 30.6 Å². The van der Waals surface area contributed by atoms with Crippen LogP contribution in [-0.4, -0.2) is 40.9 Å². The van der Waals surface area contributed by atoms with Gasteiger partial charge in [-0.3, -0.25) is 4.98 Å². The van der Waals surface area contributed by atoms with Crippen molar-refractivity contribution in [3.63, 3.8) is 0 Å². The number of hydrogen-bond acceptors (Lipinski definition) is 6. The van der Waals surface area contributed by atoms with Crippen LogP contribution in [0.1, 0.15) is 30.2 Å². The summed E-state index contributed by atoms with van der Waals surface area (Å²) in [5.74, 6) is 0.860. The second kappa shape index (κ2) is 7.21. The zero-order valence-corrected chi connectivity index (χ0v) is 15.8. The molecule has 140 valence electrons. The van der Waals surface area contributed by atoms with Crippen LogP contribution in [0.3, 0.4) is 0 Å². The average molecular weight is 384 g/mol. The standard InChI is InChI=1S/C19H20N4O3S/c1-14-4-6-17(7-5-14)27(24,25)23-12-2-3-16(13-23)19-21-18(22-26-19)15-8-10-20-11-9-15/h4-11,16H,2-3,12-13H2,1H3/t16-/m0/s1. The van der Waals surface area contributed by atoms with Crippen molar-refractivity contribution in [2.24, 2.45) is 0 Å². The fourth-order valence-electron chi connectivity index (χ4n) is 3.24. The molecule has 1 aliphatic heterocycles. The summed E-state index contributed by atoms with van der Waals surface area (Å²) in [6, 6.07) is 10.6. The van der Waals surface area contributed by atoms with Gasteiger partial charge in [0, 0.05) is 31.0 Å². The third-order valence-corrected chi connectivity index (χ3v) is 6.65. The molecule has 8 heteroatoms. The Kier molecular flexibility index (Phi) is 4.75. The van der Waals surface area contributed by atoms with E-state index in [0.29, 0.717) is 29.7 Å². The lowest BCUT2D eigenvalue weighted by atomic mass is 10.00. The Morgan fingerprint density at radius 2 is 1.85 bits per heavy atom. The molecule has 0 amide bonds. The van der Waals surface area contributed by atoms with E-state index < -0.39 is 10.0 Å². The molecular formula is C19H20N4O3S. The molecule has 0 radical (unpaired) electrons. The van der Waals surface area contributed by atoms with E-state index in [1.807, 2.05) is 31.2 Å². The number of benzene rings is 1. The summed E-state index contributed by atoms with van der Waals surface area (Å²) >= 11 is 0. The highest BCUT2D eigenvalue weighted by Gasteiger charge is 2.33. The Bertz CT molecular complexity index is 1020. The molecule has 27 heavy (non-hydrogen) atoms. The normalized spacial score (nSPS) is 18.5. The van der Waals surface area contributed by atoms with Gasteiger partial charge in [-0.05, 0) is 44.0 Å². The Labute approximate surface area is 158 Å². The quantitative estimate of drug-likeness (QED) is 0.687. The minimum absolute atomic E-state index is 0.109. The van der Waals surface area contributed by atoms with Gasteiger partial charge in [0.1, 0.15) is 0 Å². The van der Waals surface area contributed by atoms with Crippen LogP contribution < -0.4 is 0 Å². The van der Waals surface area contributed by atoms with Crippen LogP contribution >= 0.6 is 0 Å². The first-order chi connectivity index (χ1) is 13.0. The Morgan fingerprint density at radius 3 is 2.59 bits per heavy atom. The van der Waals surface area contributed by atoms with Crippen LogP contribution in [0.4, 0.5) is 0 Å². The maximum atomic E-state index is 13.0. The number of sulfonamides is 1. The summed E-state index contributed by atoms with van der Waals surface area (Å²) in [4.78, 5) is 8.77. The van der Waals surface area contributed by atoms with Gasteiger partial charge in [0.05, 0.1) is 10.8 Å². The molecular weight excluding hydrogens is 364 g/mol. The summed E-state index contributed by atoms with van der Waals surface area (Å²) in [7, 11) is -3.53. The molecule has 1 aromatic carbocycles. The fourth-order valence-corrected chi connectivity index (χ4v) is 4.76. The molecule has 1 aliphatic rings. The number of piperidine rings is 1. The molecule has 0 spiro atoms. The molecule has 0 bridgehead atoms. The molecule has 1 saturated heterocycles. The lowest BCUT2D eigenvalue weighted by Gasteiger charge is -2.30. The van der Waals surface area contributed by atoms with Crippen molar-refractivity contribution >= 4 is 10.0 Å². The van der Waals surface area contributed by atoms with Crippen molar-refractivity contribution in [1.82, 2.24) is 19.4 Å². The van der Waals surface area contributed by atoms with Crippen LogP contribution in [0.5, 0.6) is 0 Å². The first-order valence-electron chi connectivity index (χ1n) is 8.85. The largest absolute Gasteiger partial charge is 0.339 e. The van der Waals surface area contributed by atoms with E-state index in [4.69, 9.17) is 4.52 Å². The third-order valence-electron chi connectivity index (χ3n) is 4.77. The molecule has 1 fully saturated rings. The predicted molar refractivity (Wildman–Crippen MR) is 99.4 cm³/mol. The minimum Gasteiger partial charge on any atom is -0.339 e. The summed E-state index contributed by atoms with van der Waals surface area (Å²) in [6.07, 6.45) is 4.91. The van der Waals surface area contributed by atoms with Crippen molar-refractivity contribution < 1.29 is 12.9 Å². The van der Waals surface area contributed by atoms with E-state index in [1.54, 1.807) is 24.5 Å². The lowest BCUT2D eigenvalue weighted by Crippen LogP contribution is -2.39. The number of aromatic nitrogens is 3. The maximum absolute atomic E-state index is 13.0. The zero-order valence-electron chi connectivity index (χ0n) is 14.9. The summed E-state index contributed by atoms with van der Waals surface area (Å²) < 4.78 is 32.9. The molecule has 0 aliphatic carbocycles. The van der Waals surface area contributed by atoms with Crippen molar-refractivity contribution in [3.05, 3.63) is 60.2 Å². The predicted octanol–water partition coefficient (Wildman–Crippen LogP) is 3.01. The lowest BCUT2D eigenvalue weighted by molar-refractivity contribution is 0.265. The number of hydrogen-bond donors (Lipinski definition) is 0. The van der Waals surface area contributed by atoms with Gasteiger partial charge in [0.25, 0.3) is 0 Å². The topological polar surface area (TPSA) is 89.2 Å². The smallest absolute Gasteiger partial charge is 0.243 e. The molecule has 2 aromatic heterocycles. The van der Waals surface area contributed by atoms with Crippen LogP contribution in [0, 0.1) is 6.92 Å². The Morgan fingerprint density at radius 1 is 1.11 bits per heavy atom. The molecule has 0 saturated carbocycles. The SMILES string of the molecule is Cc1ccc(S(=O)(=O)N2CCC[C@H](c3nc(-c4ccncc4)no3)C2)cc1. The first kappa shape index (κ1) is 17.8. The molecule has 0 unspecified atom stereocenters. The monoisotopic (exact) mass is 384 g/mol. The van der Waals surface area contributed by atoms with Gasteiger partial charge in [-0.2, -0.15) is 9.29 Å². The highest BCUT2D eigenvalue weighted by molar-refractivity contribution is 7.89. The summed E-state index contributed by atoms with van der Waals surface area (Å²) in [5, 5.41) is 4.03. The molecule has 4 rings (SSSR count).